The molecular formula is C12H14BrF. The molecule has 2 atom stereocenters. The van der Waals surface area contributed by atoms with E-state index in [1.54, 1.807) is 13.0 Å². The first-order valence-electron chi connectivity index (χ1n) is 4.90. The van der Waals surface area contributed by atoms with Crippen molar-refractivity contribution in [1.29, 1.82) is 0 Å². The first kappa shape index (κ1) is 10.2. The average Bonchev–Trinajstić information content (AvgIpc) is 2.83. The second kappa shape index (κ2) is 3.34. The minimum atomic E-state index is -0.0797. The standard InChI is InChI=1S/C12H14BrF/c1-8-3-4-9(5-11(8)14)12(2)6-10(12)7-13/h3-5,10H,6-7H2,1-2H3. The molecule has 2 unspecified atom stereocenters. The summed E-state index contributed by atoms with van der Waals surface area (Å²) in [7, 11) is 0. The molecule has 1 aromatic rings. The van der Waals surface area contributed by atoms with Gasteiger partial charge in [-0.15, -0.1) is 0 Å². The lowest BCUT2D eigenvalue weighted by Gasteiger charge is -2.11. The zero-order chi connectivity index (χ0) is 10.3. The van der Waals surface area contributed by atoms with Gasteiger partial charge < -0.3 is 0 Å². The molecule has 0 spiro atoms. The Kier molecular flexibility index (Phi) is 2.42. The van der Waals surface area contributed by atoms with Gasteiger partial charge in [-0.3, -0.25) is 0 Å². The molecule has 0 bridgehead atoms. The molecule has 2 heteroatoms. The van der Waals surface area contributed by atoms with Crippen LogP contribution < -0.4 is 0 Å². The van der Waals surface area contributed by atoms with Crippen molar-refractivity contribution in [2.24, 2.45) is 5.92 Å². The highest BCUT2D eigenvalue weighted by molar-refractivity contribution is 9.09. The molecule has 76 valence electrons. The summed E-state index contributed by atoms with van der Waals surface area (Å²) in [5.41, 5.74) is 2.08. The smallest absolute Gasteiger partial charge is 0.126 e. The Balaban J connectivity index is 2.31. The molecule has 0 amide bonds. The SMILES string of the molecule is Cc1ccc(C2(C)CC2CBr)cc1F. The van der Waals surface area contributed by atoms with Gasteiger partial charge in [0.1, 0.15) is 5.82 Å². The Morgan fingerprint density at radius 2 is 2.29 bits per heavy atom. The summed E-state index contributed by atoms with van der Waals surface area (Å²) >= 11 is 3.49. The highest BCUT2D eigenvalue weighted by Crippen LogP contribution is 2.54. The first-order valence-corrected chi connectivity index (χ1v) is 6.02. The molecule has 0 aliphatic heterocycles. The van der Waals surface area contributed by atoms with Gasteiger partial charge in [0.2, 0.25) is 0 Å². The van der Waals surface area contributed by atoms with Gasteiger partial charge in [-0.2, -0.15) is 0 Å². The number of rotatable bonds is 2. The van der Waals surface area contributed by atoms with E-state index in [1.807, 2.05) is 6.07 Å². The van der Waals surface area contributed by atoms with E-state index in [4.69, 9.17) is 0 Å². The molecule has 0 radical (unpaired) electrons. The molecule has 0 nitrogen and oxygen atoms in total. The van der Waals surface area contributed by atoms with Crippen molar-refractivity contribution in [3.05, 3.63) is 35.1 Å². The third kappa shape index (κ3) is 1.50. The van der Waals surface area contributed by atoms with E-state index in [0.29, 0.717) is 5.92 Å². The van der Waals surface area contributed by atoms with Gasteiger partial charge in [-0.25, -0.2) is 4.39 Å². The van der Waals surface area contributed by atoms with Gasteiger partial charge in [-0.1, -0.05) is 35.0 Å². The molecule has 1 aliphatic rings. The summed E-state index contributed by atoms with van der Waals surface area (Å²) in [6.45, 7) is 4.01. The zero-order valence-corrected chi connectivity index (χ0v) is 10.1. The van der Waals surface area contributed by atoms with E-state index in [2.05, 4.69) is 28.9 Å². The summed E-state index contributed by atoms with van der Waals surface area (Å²) in [6, 6.07) is 5.62. The van der Waals surface area contributed by atoms with Crippen LogP contribution in [0.15, 0.2) is 18.2 Å². The molecule has 14 heavy (non-hydrogen) atoms. The molecule has 1 aromatic carbocycles. The summed E-state index contributed by atoms with van der Waals surface area (Å²) in [6.07, 6.45) is 1.17. The van der Waals surface area contributed by atoms with Gasteiger partial charge in [0.05, 0.1) is 0 Å². The van der Waals surface area contributed by atoms with Crippen LogP contribution in [0, 0.1) is 18.7 Å². The fourth-order valence-electron chi connectivity index (χ4n) is 1.98. The number of halogens is 2. The molecule has 2 rings (SSSR count). The Hall–Kier alpha value is -0.370. The maximum absolute atomic E-state index is 13.4. The van der Waals surface area contributed by atoms with Crippen molar-refractivity contribution < 1.29 is 4.39 Å². The van der Waals surface area contributed by atoms with E-state index in [9.17, 15) is 4.39 Å². The van der Waals surface area contributed by atoms with Crippen LogP contribution in [0.2, 0.25) is 0 Å². The second-order valence-corrected chi connectivity index (χ2v) is 5.08. The number of hydrogen-bond donors (Lipinski definition) is 0. The minimum absolute atomic E-state index is 0.0797. The van der Waals surface area contributed by atoms with E-state index >= 15 is 0 Å². The number of benzene rings is 1. The third-order valence-corrected chi connectivity index (χ3v) is 4.21. The number of hydrogen-bond acceptors (Lipinski definition) is 0. The van der Waals surface area contributed by atoms with Gasteiger partial charge >= 0.3 is 0 Å². The Bertz CT molecular complexity index is 361. The quantitative estimate of drug-likeness (QED) is 0.707. The molecule has 0 N–H and O–H groups in total. The van der Waals surface area contributed by atoms with Crippen LogP contribution >= 0.6 is 15.9 Å². The number of alkyl halides is 1. The van der Waals surface area contributed by atoms with Crippen LogP contribution in [0.3, 0.4) is 0 Å². The summed E-state index contributed by atoms with van der Waals surface area (Å²) in [5, 5.41) is 1.01. The molecule has 0 heterocycles. The van der Waals surface area contributed by atoms with Gasteiger partial charge in [0.25, 0.3) is 0 Å². The predicted octanol–water partition coefficient (Wildman–Crippen LogP) is 3.81. The van der Waals surface area contributed by atoms with E-state index in [0.717, 1.165) is 16.5 Å². The lowest BCUT2D eigenvalue weighted by Crippen LogP contribution is -2.05. The lowest BCUT2D eigenvalue weighted by molar-refractivity contribution is 0.608. The lowest BCUT2D eigenvalue weighted by atomic mass is 9.95. The van der Waals surface area contributed by atoms with Crippen molar-refractivity contribution in [3.63, 3.8) is 0 Å². The van der Waals surface area contributed by atoms with Crippen molar-refractivity contribution >= 4 is 15.9 Å². The summed E-state index contributed by atoms with van der Waals surface area (Å²) < 4.78 is 13.4. The van der Waals surface area contributed by atoms with E-state index < -0.39 is 0 Å². The molecule has 0 aromatic heterocycles. The topological polar surface area (TPSA) is 0 Å². The van der Waals surface area contributed by atoms with Crippen LogP contribution in [0.4, 0.5) is 4.39 Å². The molecular weight excluding hydrogens is 243 g/mol. The van der Waals surface area contributed by atoms with E-state index in [-0.39, 0.29) is 11.2 Å². The van der Waals surface area contributed by atoms with Crippen LogP contribution in [-0.2, 0) is 5.41 Å². The highest BCUT2D eigenvalue weighted by atomic mass is 79.9. The summed E-state index contributed by atoms with van der Waals surface area (Å²) in [5.74, 6) is 0.591. The van der Waals surface area contributed by atoms with Gasteiger partial charge in [0, 0.05) is 5.33 Å². The maximum Gasteiger partial charge on any atom is 0.126 e. The average molecular weight is 257 g/mol. The van der Waals surface area contributed by atoms with Crippen LogP contribution in [0.25, 0.3) is 0 Å². The maximum atomic E-state index is 13.4. The van der Waals surface area contributed by atoms with E-state index in [1.165, 1.54) is 6.42 Å². The van der Waals surface area contributed by atoms with Gasteiger partial charge in [-0.05, 0) is 41.9 Å². The Labute approximate surface area is 92.6 Å². The monoisotopic (exact) mass is 256 g/mol. The minimum Gasteiger partial charge on any atom is -0.207 e. The Morgan fingerprint density at radius 3 is 2.79 bits per heavy atom. The van der Waals surface area contributed by atoms with Crippen LogP contribution in [0.5, 0.6) is 0 Å². The number of aryl methyl sites for hydroxylation is 1. The normalized spacial score (nSPS) is 30.4. The highest BCUT2D eigenvalue weighted by Gasteiger charge is 2.50. The Morgan fingerprint density at radius 1 is 1.57 bits per heavy atom. The molecule has 1 aliphatic carbocycles. The summed E-state index contributed by atoms with van der Waals surface area (Å²) in [4.78, 5) is 0. The van der Waals surface area contributed by atoms with Crippen molar-refractivity contribution in [2.45, 2.75) is 25.7 Å². The van der Waals surface area contributed by atoms with Crippen molar-refractivity contribution in [3.8, 4) is 0 Å². The second-order valence-electron chi connectivity index (χ2n) is 4.44. The fourth-order valence-corrected chi connectivity index (χ4v) is 2.92. The molecule has 0 saturated heterocycles. The van der Waals surface area contributed by atoms with Crippen molar-refractivity contribution in [2.75, 3.05) is 5.33 Å². The van der Waals surface area contributed by atoms with Gasteiger partial charge in [0.15, 0.2) is 0 Å². The third-order valence-electron chi connectivity index (χ3n) is 3.43. The molecule has 1 fully saturated rings. The first-order chi connectivity index (χ1) is 6.58. The fraction of sp³-hybridized carbons (Fsp3) is 0.500. The van der Waals surface area contributed by atoms with Crippen LogP contribution in [-0.4, -0.2) is 5.33 Å². The largest absolute Gasteiger partial charge is 0.207 e. The predicted molar refractivity (Wildman–Crippen MR) is 60.4 cm³/mol. The van der Waals surface area contributed by atoms with Crippen molar-refractivity contribution in [1.82, 2.24) is 0 Å². The zero-order valence-electron chi connectivity index (χ0n) is 8.48. The molecule has 1 saturated carbocycles. The van der Waals surface area contributed by atoms with Crippen LogP contribution in [0.1, 0.15) is 24.5 Å².